The first-order valence-electron chi connectivity index (χ1n) is 9.41. The first kappa shape index (κ1) is 22.1. The fourth-order valence-corrected chi connectivity index (χ4v) is 2.71. The van der Waals surface area contributed by atoms with Gasteiger partial charge in [-0.3, -0.25) is 0 Å². The van der Waals surface area contributed by atoms with Gasteiger partial charge in [-0.05, 0) is 37.5 Å². The predicted molar refractivity (Wildman–Crippen MR) is 103 cm³/mol. The summed E-state index contributed by atoms with van der Waals surface area (Å²) in [6.07, 6.45) is 1.00. The molecule has 1 aliphatic rings. The van der Waals surface area contributed by atoms with Crippen LogP contribution in [0.4, 0.5) is 13.2 Å². The Morgan fingerprint density at radius 2 is 1.93 bits per heavy atom. The molecular weight excluding hydrogens is 369 g/mol. The van der Waals surface area contributed by atoms with Crippen LogP contribution in [0.25, 0.3) is 0 Å². The Balaban J connectivity index is 2.30. The average molecular weight is 396 g/mol. The molecule has 0 saturated heterocycles. The van der Waals surface area contributed by atoms with Crippen LogP contribution < -0.4 is 9.47 Å². The summed E-state index contributed by atoms with van der Waals surface area (Å²) in [6, 6.07) is 1.36. The van der Waals surface area contributed by atoms with E-state index in [1.165, 1.54) is 6.07 Å². The van der Waals surface area contributed by atoms with Gasteiger partial charge in [0.15, 0.2) is 23.1 Å². The summed E-state index contributed by atoms with van der Waals surface area (Å²) >= 11 is 0. The summed E-state index contributed by atoms with van der Waals surface area (Å²) in [4.78, 5) is 0. The maximum atomic E-state index is 15.0. The number of rotatable bonds is 8. The topological polar surface area (TPSA) is 27.7 Å². The molecule has 1 aromatic carbocycles. The third-order valence-corrected chi connectivity index (χ3v) is 4.72. The Labute approximate surface area is 164 Å². The van der Waals surface area contributed by atoms with Crippen LogP contribution >= 0.6 is 0 Å². The molecule has 0 bridgehead atoms. The van der Waals surface area contributed by atoms with Crippen molar-refractivity contribution >= 4 is 0 Å². The van der Waals surface area contributed by atoms with E-state index in [-0.39, 0.29) is 54.5 Å². The van der Waals surface area contributed by atoms with Gasteiger partial charge in [0.05, 0.1) is 19.3 Å². The minimum Gasteiger partial charge on any atom is -0.491 e. The number of allylic oxidation sites excluding steroid dienone is 2. The Hall–Kier alpha value is -2.21. The Kier molecular flexibility index (Phi) is 7.35. The number of halogens is 3. The lowest BCUT2D eigenvalue weighted by Gasteiger charge is -2.25. The summed E-state index contributed by atoms with van der Waals surface area (Å²) in [5.74, 6) is -4.21. The second kappa shape index (κ2) is 9.32. The highest BCUT2D eigenvalue weighted by Crippen LogP contribution is 2.41. The minimum absolute atomic E-state index is 0.0512. The normalized spacial score (nSPS) is 17.5. The molecule has 1 aliphatic heterocycles. The van der Waals surface area contributed by atoms with Crippen LogP contribution in [0.5, 0.6) is 11.5 Å². The highest BCUT2D eigenvalue weighted by atomic mass is 19.2. The van der Waals surface area contributed by atoms with Gasteiger partial charge in [-0.15, -0.1) is 0 Å². The highest BCUT2D eigenvalue weighted by Gasteiger charge is 2.30. The van der Waals surface area contributed by atoms with Gasteiger partial charge in [-0.25, -0.2) is 4.39 Å². The van der Waals surface area contributed by atoms with E-state index in [2.05, 4.69) is 13.2 Å². The molecule has 2 atom stereocenters. The van der Waals surface area contributed by atoms with Gasteiger partial charge < -0.3 is 14.2 Å². The zero-order chi connectivity index (χ0) is 21.0. The summed E-state index contributed by atoms with van der Waals surface area (Å²) in [7, 11) is 0. The van der Waals surface area contributed by atoms with Crippen molar-refractivity contribution in [3.63, 3.8) is 0 Å². The lowest BCUT2D eigenvalue weighted by atomic mass is 9.95. The van der Waals surface area contributed by atoms with Crippen LogP contribution in [0, 0.1) is 17.6 Å². The first-order chi connectivity index (χ1) is 13.2. The molecule has 154 valence electrons. The zero-order valence-electron chi connectivity index (χ0n) is 16.8. The van der Waals surface area contributed by atoms with Gasteiger partial charge in [-0.2, -0.15) is 8.78 Å². The number of ether oxygens (including phenoxy) is 3. The lowest BCUT2D eigenvalue weighted by Crippen LogP contribution is -2.18. The monoisotopic (exact) mass is 396 g/mol. The Morgan fingerprint density at radius 1 is 1.25 bits per heavy atom. The molecule has 6 heteroatoms. The molecule has 2 unspecified atom stereocenters. The molecule has 1 aromatic rings. The van der Waals surface area contributed by atoms with E-state index < -0.39 is 17.5 Å². The van der Waals surface area contributed by atoms with Crippen LogP contribution in [0.3, 0.4) is 0 Å². The van der Waals surface area contributed by atoms with Crippen LogP contribution in [0.1, 0.15) is 39.7 Å². The van der Waals surface area contributed by atoms with Gasteiger partial charge >= 0.3 is 0 Å². The molecule has 0 N–H and O–H groups in total. The second-order valence-electron chi connectivity index (χ2n) is 6.93. The van der Waals surface area contributed by atoms with E-state index in [0.717, 1.165) is 6.42 Å². The molecule has 0 radical (unpaired) electrons. The van der Waals surface area contributed by atoms with E-state index in [4.69, 9.17) is 14.2 Å². The third-order valence-electron chi connectivity index (χ3n) is 4.72. The fourth-order valence-electron chi connectivity index (χ4n) is 2.71. The summed E-state index contributed by atoms with van der Waals surface area (Å²) < 4.78 is 59.7. The molecule has 0 spiro atoms. The molecule has 0 saturated carbocycles. The fraction of sp³-hybridized carbons (Fsp3) is 0.455. The van der Waals surface area contributed by atoms with Crippen molar-refractivity contribution in [2.45, 2.75) is 46.6 Å². The van der Waals surface area contributed by atoms with Crippen molar-refractivity contribution < 1.29 is 27.4 Å². The van der Waals surface area contributed by atoms with Crippen molar-refractivity contribution in [1.82, 2.24) is 0 Å². The molecule has 0 amide bonds. The number of hydrogen-bond acceptors (Lipinski definition) is 3. The van der Waals surface area contributed by atoms with Crippen molar-refractivity contribution in [1.29, 1.82) is 0 Å². The molecule has 2 rings (SSSR count). The molecule has 3 nitrogen and oxygen atoms in total. The van der Waals surface area contributed by atoms with Gasteiger partial charge in [0.25, 0.3) is 0 Å². The second-order valence-corrected chi connectivity index (χ2v) is 6.93. The van der Waals surface area contributed by atoms with Gasteiger partial charge in [0.2, 0.25) is 11.6 Å². The molecule has 28 heavy (non-hydrogen) atoms. The number of hydrogen-bond donors (Lipinski definition) is 0. The summed E-state index contributed by atoms with van der Waals surface area (Å²) in [5, 5.41) is 0. The largest absolute Gasteiger partial charge is 0.491 e. The number of benzene rings is 1. The third kappa shape index (κ3) is 4.61. The maximum absolute atomic E-state index is 15.0. The number of fused-ring (bicyclic) bond motifs is 1. The molecule has 0 fully saturated rings. The van der Waals surface area contributed by atoms with Crippen molar-refractivity contribution in [2.75, 3.05) is 13.2 Å². The highest BCUT2D eigenvalue weighted by molar-refractivity contribution is 5.52. The first-order valence-corrected chi connectivity index (χ1v) is 9.41. The Morgan fingerprint density at radius 3 is 2.54 bits per heavy atom. The van der Waals surface area contributed by atoms with Crippen LogP contribution in [-0.4, -0.2) is 19.3 Å². The SMILES string of the molecule is C=C1Cc2cc(OCC)c(F)c(F)c2O/C1=C(\F)C(=C)C(C)COC(C)CC. The molecular formula is C22H27F3O3. The van der Waals surface area contributed by atoms with Gasteiger partial charge in [0.1, 0.15) is 0 Å². The smallest absolute Gasteiger partial charge is 0.205 e. The van der Waals surface area contributed by atoms with E-state index in [1.807, 2.05) is 13.8 Å². The van der Waals surface area contributed by atoms with E-state index in [9.17, 15) is 8.78 Å². The summed E-state index contributed by atoms with van der Waals surface area (Å²) in [5.41, 5.74) is 0.826. The quantitative estimate of drug-likeness (QED) is 0.536. The lowest BCUT2D eigenvalue weighted by molar-refractivity contribution is 0.0485. The van der Waals surface area contributed by atoms with Crippen LogP contribution in [0.15, 0.2) is 42.0 Å². The molecule has 0 aliphatic carbocycles. The van der Waals surface area contributed by atoms with Crippen molar-refractivity contribution in [3.05, 3.63) is 59.2 Å². The van der Waals surface area contributed by atoms with E-state index >= 15 is 4.39 Å². The van der Waals surface area contributed by atoms with E-state index in [0.29, 0.717) is 11.1 Å². The molecule has 1 heterocycles. The van der Waals surface area contributed by atoms with Crippen molar-refractivity contribution in [3.8, 4) is 11.5 Å². The predicted octanol–water partition coefficient (Wildman–Crippen LogP) is 6.04. The molecule has 0 aromatic heterocycles. The Bertz CT molecular complexity index is 799. The minimum atomic E-state index is -1.21. The zero-order valence-corrected chi connectivity index (χ0v) is 16.8. The summed E-state index contributed by atoms with van der Waals surface area (Å²) in [6.45, 7) is 15.4. The van der Waals surface area contributed by atoms with Crippen LogP contribution in [-0.2, 0) is 11.2 Å². The van der Waals surface area contributed by atoms with E-state index in [1.54, 1.807) is 13.8 Å². The van der Waals surface area contributed by atoms with Gasteiger partial charge in [0, 0.05) is 17.9 Å². The standard InChI is InChI=1S/C22H27F3O3/c1-7-14(5)27-11-13(4)15(6)18(23)21-12(3)9-16-10-17(26-8-2)19(24)20(25)22(16)28-21/h10,13-14H,3,6-9,11H2,1-2,4-5H3/b21-18-. The van der Waals surface area contributed by atoms with Crippen molar-refractivity contribution in [2.24, 2.45) is 5.92 Å². The van der Waals surface area contributed by atoms with Crippen LogP contribution in [0.2, 0.25) is 0 Å². The maximum Gasteiger partial charge on any atom is 0.205 e. The van der Waals surface area contributed by atoms with Gasteiger partial charge in [-0.1, -0.05) is 27.0 Å². The average Bonchev–Trinajstić information content (AvgIpc) is 2.68.